The van der Waals surface area contributed by atoms with Gasteiger partial charge < -0.3 is 14.2 Å². The predicted octanol–water partition coefficient (Wildman–Crippen LogP) is 5.38. The van der Waals surface area contributed by atoms with Crippen LogP contribution in [0.5, 0.6) is 5.75 Å². The molecule has 0 aliphatic heterocycles. The van der Waals surface area contributed by atoms with Crippen molar-refractivity contribution in [1.82, 2.24) is 0 Å². The Morgan fingerprint density at radius 3 is 2.09 bits per heavy atom. The Morgan fingerprint density at radius 1 is 0.879 bits per heavy atom. The molecule has 0 heterocycles. The smallest absolute Gasteiger partial charge is 0.330 e. The second-order valence-electron chi connectivity index (χ2n) is 7.36. The number of esters is 2. The zero-order valence-electron chi connectivity index (χ0n) is 18.7. The summed E-state index contributed by atoms with van der Waals surface area (Å²) in [6.45, 7) is 7.35. The Balaban J connectivity index is 1.66. The number of hydrogen-bond donors (Lipinski definition) is 0. The number of carbonyl (C=O) groups is 2. The lowest BCUT2D eigenvalue weighted by Crippen LogP contribution is -2.24. The highest BCUT2D eigenvalue weighted by Crippen LogP contribution is 2.23. The quantitative estimate of drug-likeness (QED) is 0.219. The topological polar surface area (TPSA) is 85.6 Å². The van der Waals surface area contributed by atoms with Crippen molar-refractivity contribution in [3.05, 3.63) is 79.4 Å². The van der Waals surface area contributed by atoms with Gasteiger partial charge in [0.25, 0.3) is 0 Å². The van der Waals surface area contributed by atoms with Crippen LogP contribution in [0, 0.1) is 11.3 Å². The standard InChI is InChI=1S/C27H29NO5/c1-3-26(29)32-20-25(33-27(30)4-2)9-7-5-6-8-18-31-24-16-14-23(15-17-24)22-12-10-21(19-28)11-13-22/h3-4,10-17,25H,1-2,5-9,18,20H2. The minimum Gasteiger partial charge on any atom is -0.494 e. The number of ether oxygens (including phenoxy) is 3. The molecule has 2 aromatic rings. The third kappa shape index (κ3) is 9.44. The summed E-state index contributed by atoms with van der Waals surface area (Å²) < 4.78 is 16.0. The lowest BCUT2D eigenvalue weighted by atomic mass is 10.0. The van der Waals surface area contributed by atoms with E-state index < -0.39 is 18.0 Å². The molecule has 0 saturated heterocycles. The van der Waals surface area contributed by atoms with Crippen molar-refractivity contribution in [2.45, 2.75) is 38.2 Å². The molecule has 0 spiro atoms. The number of unbranched alkanes of at least 4 members (excludes halogenated alkanes) is 3. The Hall–Kier alpha value is -3.85. The van der Waals surface area contributed by atoms with Gasteiger partial charge in [-0.2, -0.15) is 5.26 Å². The molecule has 1 atom stereocenters. The Bertz CT molecular complexity index is 958. The van der Waals surface area contributed by atoms with E-state index in [9.17, 15) is 9.59 Å². The van der Waals surface area contributed by atoms with E-state index in [1.165, 1.54) is 0 Å². The minimum atomic E-state index is -0.545. The molecule has 0 amide bonds. The van der Waals surface area contributed by atoms with Gasteiger partial charge in [0.1, 0.15) is 18.5 Å². The highest BCUT2D eigenvalue weighted by Gasteiger charge is 2.14. The Labute approximate surface area is 195 Å². The first kappa shape index (κ1) is 25.4. The fourth-order valence-corrected chi connectivity index (χ4v) is 3.12. The summed E-state index contributed by atoms with van der Waals surface area (Å²) in [7, 11) is 0. The third-order valence-electron chi connectivity index (χ3n) is 4.92. The molecular weight excluding hydrogens is 418 g/mol. The molecule has 0 aliphatic carbocycles. The van der Waals surface area contributed by atoms with Crippen LogP contribution in [-0.2, 0) is 19.1 Å². The molecule has 0 saturated carbocycles. The van der Waals surface area contributed by atoms with E-state index in [1.54, 1.807) is 12.1 Å². The fourth-order valence-electron chi connectivity index (χ4n) is 3.12. The highest BCUT2D eigenvalue weighted by atomic mass is 16.6. The summed E-state index contributed by atoms with van der Waals surface area (Å²) in [5, 5.41) is 8.89. The molecule has 6 nitrogen and oxygen atoms in total. The lowest BCUT2D eigenvalue weighted by Gasteiger charge is -2.16. The van der Waals surface area contributed by atoms with E-state index >= 15 is 0 Å². The highest BCUT2D eigenvalue weighted by molar-refractivity contribution is 5.82. The second-order valence-corrected chi connectivity index (χ2v) is 7.36. The predicted molar refractivity (Wildman–Crippen MR) is 126 cm³/mol. The molecular formula is C27H29NO5. The van der Waals surface area contributed by atoms with Crippen molar-refractivity contribution in [2.75, 3.05) is 13.2 Å². The van der Waals surface area contributed by atoms with Crippen LogP contribution in [0.15, 0.2) is 73.8 Å². The van der Waals surface area contributed by atoms with Crippen molar-refractivity contribution >= 4 is 11.9 Å². The Kier molecular flexibility index (Phi) is 11.0. The van der Waals surface area contributed by atoms with Crippen LogP contribution in [0.4, 0.5) is 0 Å². The molecule has 0 radical (unpaired) electrons. The van der Waals surface area contributed by atoms with Gasteiger partial charge in [0.15, 0.2) is 0 Å². The van der Waals surface area contributed by atoms with Crippen LogP contribution in [0.1, 0.15) is 37.7 Å². The summed E-state index contributed by atoms with van der Waals surface area (Å²) in [6.07, 6.45) is 5.92. The maximum atomic E-state index is 11.4. The SMILES string of the molecule is C=CC(=O)OCC(CCCCCCOc1ccc(-c2ccc(C#N)cc2)cc1)OC(=O)C=C. The first-order chi connectivity index (χ1) is 16.0. The number of nitrogens with zero attached hydrogens (tertiary/aromatic N) is 1. The van der Waals surface area contributed by atoms with Gasteiger partial charge in [-0.3, -0.25) is 0 Å². The number of carbonyl (C=O) groups excluding carboxylic acids is 2. The molecule has 0 fully saturated rings. The molecule has 2 aromatic carbocycles. The summed E-state index contributed by atoms with van der Waals surface area (Å²) in [5.74, 6) is -0.266. The third-order valence-corrected chi connectivity index (χ3v) is 4.92. The van der Waals surface area contributed by atoms with Gasteiger partial charge in [0.2, 0.25) is 0 Å². The molecule has 1 unspecified atom stereocenters. The number of rotatable bonds is 14. The summed E-state index contributed by atoms with van der Waals surface area (Å²) in [6, 6.07) is 17.5. The van der Waals surface area contributed by atoms with Gasteiger partial charge in [-0.25, -0.2) is 9.59 Å². The van der Waals surface area contributed by atoms with Gasteiger partial charge in [-0.1, -0.05) is 50.3 Å². The molecule has 0 bridgehead atoms. The van der Waals surface area contributed by atoms with Crippen molar-refractivity contribution in [3.8, 4) is 22.9 Å². The molecule has 0 N–H and O–H groups in total. The first-order valence-corrected chi connectivity index (χ1v) is 10.9. The average molecular weight is 448 g/mol. The summed E-state index contributed by atoms with van der Waals surface area (Å²) >= 11 is 0. The molecule has 33 heavy (non-hydrogen) atoms. The van der Waals surface area contributed by atoms with Crippen LogP contribution >= 0.6 is 0 Å². The maximum Gasteiger partial charge on any atom is 0.330 e. The largest absolute Gasteiger partial charge is 0.494 e. The summed E-state index contributed by atoms with van der Waals surface area (Å²) in [5.41, 5.74) is 2.76. The lowest BCUT2D eigenvalue weighted by molar-refractivity contribution is -0.153. The van der Waals surface area contributed by atoms with Crippen LogP contribution in [0.3, 0.4) is 0 Å². The van der Waals surface area contributed by atoms with Gasteiger partial charge in [0.05, 0.1) is 18.2 Å². The monoisotopic (exact) mass is 447 g/mol. The van der Waals surface area contributed by atoms with Gasteiger partial charge in [-0.15, -0.1) is 0 Å². The van der Waals surface area contributed by atoms with Crippen LogP contribution in [0.2, 0.25) is 0 Å². The molecule has 172 valence electrons. The minimum absolute atomic E-state index is 0.00596. The van der Waals surface area contributed by atoms with Gasteiger partial charge in [0, 0.05) is 12.2 Å². The van der Waals surface area contributed by atoms with E-state index in [-0.39, 0.29) is 6.61 Å². The van der Waals surface area contributed by atoms with E-state index in [0.29, 0.717) is 18.6 Å². The normalized spacial score (nSPS) is 11.0. The number of hydrogen-bond acceptors (Lipinski definition) is 6. The molecule has 0 aliphatic rings. The first-order valence-electron chi connectivity index (χ1n) is 10.9. The van der Waals surface area contributed by atoms with Crippen molar-refractivity contribution < 1.29 is 23.8 Å². The molecule has 0 aromatic heterocycles. The summed E-state index contributed by atoms with van der Waals surface area (Å²) in [4.78, 5) is 22.7. The number of nitriles is 1. The van der Waals surface area contributed by atoms with Crippen LogP contribution < -0.4 is 4.74 Å². The second kappa shape index (κ2) is 14.3. The van der Waals surface area contributed by atoms with E-state index in [1.807, 2.05) is 36.4 Å². The van der Waals surface area contributed by atoms with Gasteiger partial charge in [-0.05, 0) is 54.7 Å². The van der Waals surface area contributed by atoms with Crippen LogP contribution in [0.25, 0.3) is 11.1 Å². The molecule has 6 heteroatoms. The maximum absolute atomic E-state index is 11.4. The van der Waals surface area contributed by atoms with E-state index in [4.69, 9.17) is 19.5 Å². The van der Waals surface area contributed by atoms with Crippen LogP contribution in [-0.4, -0.2) is 31.3 Å². The van der Waals surface area contributed by atoms with Crippen molar-refractivity contribution in [3.63, 3.8) is 0 Å². The average Bonchev–Trinajstić information content (AvgIpc) is 2.86. The van der Waals surface area contributed by atoms with E-state index in [2.05, 4.69) is 19.2 Å². The fraction of sp³-hybridized carbons (Fsp3) is 0.296. The molecule has 2 rings (SSSR count). The van der Waals surface area contributed by atoms with Crippen molar-refractivity contribution in [1.29, 1.82) is 5.26 Å². The van der Waals surface area contributed by atoms with E-state index in [0.717, 1.165) is 54.7 Å². The zero-order chi connectivity index (χ0) is 23.9. The number of benzene rings is 2. The van der Waals surface area contributed by atoms with Gasteiger partial charge >= 0.3 is 11.9 Å². The Morgan fingerprint density at radius 2 is 1.48 bits per heavy atom. The van der Waals surface area contributed by atoms with Crippen molar-refractivity contribution in [2.24, 2.45) is 0 Å². The zero-order valence-corrected chi connectivity index (χ0v) is 18.7.